The zero-order valence-electron chi connectivity index (χ0n) is 17.3. The summed E-state index contributed by atoms with van der Waals surface area (Å²) in [5.41, 5.74) is -0.165. The number of ether oxygens (including phenoxy) is 1. The highest BCUT2D eigenvalue weighted by Gasteiger charge is 2.20. The summed E-state index contributed by atoms with van der Waals surface area (Å²) < 4.78 is 11.8. The highest BCUT2D eigenvalue weighted by molar-refractivity contribution is 7.99. The Balaban J connectivity index is 1.69. The van der Waals surface area contributed by atoms with Gasteiger partial charge in [0, 0.05) is 27.7 Å². The molecule has 0 aliphatic carbocycles. The van der Waals surface area contributed by atoms with Crippen molar-refractivity contribution in [1.29, 1.82) is 0 Å². The predicted octanol–water partition coefficient (Wildman–Crippen LogP) is 1.48. The van der Waals surface area contributed by atoms with Gasteiger partial charge in [-0.1, -0.05) is 24.3 Å². The Morgan fingerprint density at radius 2 is 1.77 bits per heavy atom. The predicted molar refractivity (Wildman–Crippen MR) is 116 cm³/mol. The topological polar surface area (TPSA) is 102 Å². The number of para-hydroxylation sites is 1. The van der Waals surface area contributed by atoms with Gasteiger partial charge in [-0.05, 0) is 23.9 Å². The number of aromatic nitrogens is 7. The lowest BCUT2D eigenvalue weighted by Gasteiger charge is -2.09. The minimum Gasteiger partial charge on any atom is -0.486 e. The average Bonchev–Trinajstić information content (AvgIpc) is 3.31. The Morgan fingerprint density at radius 3 is 2.48 bits per heavy atom. The molecule has 10 nitrogen and oxygen atoms in total. The lowest BCUT2D eigenvalue weighted by atomic mass is 10.3. The second-order valence-electron chi connectivity index (χ2n) is 6.83. The van der Waals surface area contributed by atoms with E-state index in [1.54, 1.807) is 24.7 Å². The van der Waals surface area contributed by atoms with Crippen molar-refractivity contribution in [2.75, 3.05) is 0 Å². The molecule has 3 aromatic heterocycles. The molecule has 0 N–H and O–H groups in total. The van der Waals surface area contributed by atoms with Crippen LogP contribution in [-0.4, -0.2) is 33.4 Å². The Labute approximate surface area is 181 Å². The Morgan fingerprint density at radius 1 is 1.03 bits per heavy atom. The fraction of sp³-hybridized carbons (Fsp3) is 0.250. The van der Waals surface area contributed by atoms with Crippen LogP contribution in [0.2, 0.25) is 0 Å². The van der Waals surface area contributed by atoms with Crippen molar-refractivity contribution >= 4 is 22.9 Å². The number of aryl methyl sites for hydroxylation is 2. The van der Waals surface area contributed by atoms with Gasteiger partial charge in [-0.15, -0.1) is 16.8 Å². The third kappa shape index (κ3) is 3.67. The van der Waals surface area contributed by atoms with E-state index in [0.29, 0.717) is 33.8 Å². The summed E-state index contributed by atoms with van der Waals surface area (Å²) in [6.07, 6.45) is 1.74. The van der Waals surface area contributed by atoms with Crippen LogP contribution in [0, 0.1) is 0 Å². The second-order valence-corrected chi connectivity index (χ2v) is 7.77. The van der Waals surface area contributed by atoms with E-state index in [4.69, 9.17) is 4.74 Å². The van der Waals surface area contributed by atoms with Crippen molar-refractivity contribution in [3.05, 3.63) is 69.6 Å². The number of imidazole rings is 1. The first kappa shape index (κ1) is 20.7. The van der Waals surface area contributed by atoms with Gasteiger partial charge in [0.05, 0.1) is 0 Å². The van der Waals surface area contributed by atoms with Crippen LogP contribution in [0.1, 0.15) is 5.82 Å². The van der Waals surface area contributed by atoms with Crippen LogP contribution in [0.3, 0.4) is 0 Å². The van der Waals surface area contributed by atoms with E-state index in [-0.39, 0.29) is 6.61 Å². The standard InChI is InChI=1S/C20H21N7O3S/c1-5-11-27-14(12-30-13-9-7-6-8-10-13)22-23-19(27)31-18-21-16-15(24(18)2)17(28)26(4)20(29)25(16)3/h5-10H,1,11-12H2,2-4H3. The summed E-state index contributed by atoms with van der Waals surface area (Å²) in [6.45, 7) is 4.53. The summed E-state index contributed by atoms with van der Waals surface area (Å²) in [6, 6.07) is 9.45. The minimum atomic E-state index is -0.428. The van der Waals surface area contributed by atoms with Crippen LogP contribution in [0.4, 0.5) is 0 Å². The largest absolute Gasteiger partial charge is 0.486 e. The molecule has 0 fully saturated rings. The molecule has 0 spiro atoms. The van der Waals surface area contributed by atoms with E-state index in [1.165, 1.54) is 23.4 Å². The molecule has 0 saturated carbocycles. The van der Waals surface area contributed by atoms with Crippen LogP contribution >= 0.6 is 11.8 Å². The lowest BCUT2D eigenvalue weighted by Crippen LogP contribution is -2.37. The molecule has 11 heteroatoms. The van der Waals surface area contributed by atoms with E-state index in [0.717, 1.165) is 10.3 Å². The fourth-order valence-corrected chi connectivity index (χ4v) is 4.05. The summed E-state index contributed by atoms with van der Waals surface area (Å²) in [5, 5.41) is 9.62. The van der Waals surface area contributed by atoms with Crippen LogP contribution in [-0.2, 0) is 34.3 Å². The normalized spacial score (nSPS) is 11.2. The van der Waals surface area contributed by atoms with Crippen molar-refractivity contribution in [2.24, 2.45) is 21.1 Å². The average molecular weight is 440 g/mol. The molecule has 31 heavy (non-hydrogen) atoms. The summed E-state index contributed by atoms with van der Waals surface area (Å²) in [7, 11) is 4.77. The molecular weight excluding hydrogens is 418 g/mol. The van der Waals surface area contributed by atoms with Crippen LogP contribution in [0.5, 0.6) is 5.75 Å². The third-order valence-electron chi connectivity index (χ3n) is 4.83. The van der Waals surface area contributed by atoms with Gasteiger partial charge in [0.25, 0.3) is 5.56 Å². The van der Waals surface area contributed by atoms with E-state index in [1.807, 2.05) is 34.9 Å². The highest BCUT2D eigenvalue weighted by Crippen LogP contribution is 2.28. The van der Waals surface area contributed by atoms with E-state index < -0.39 is 11.2 Å². The van der Waals surface area contributed by atoms with Crippen molar-refractivity contribution in [3.8, 4) is 5.75 Å². The monoisotopic (exact) mass is 439 g/mol. The maximum atomic E-state index is 12.6. The van der Waals surface area contributed by atoms with Gasteiger partial charge in [0.2, 0.25) is 0 Å². The van der Waals surface area contributed by atoms with Gasteiger partial charge in [-0.2, -0.15) is 0 Å². The molecule has 0 unspecified atom stereocenters. The van der Waals surface area contributed by atoms with Gasteiger partial charge in [0.15, 0.2) is 27.3 Å². The molecule has 4 aromatic rings. The molecule has 0 bridgehead atoms. The van der Waals surface area contributed by atoms with E-state index in [9.17, 15) is 9.59 Å². The Bertz CT molecular complexity index is 1380. The van der Waals surface area contributed by atoms with Gasteiger partial charge < -0.3 is 9.30 Å². The second kappa shape index (κ2) is 8.26. The van der Waals surface area contributed by atoms with Gasteiger partial charge in [-0.25, -0.2) is 9.78 Å². The number of fused-ring (bicyclic) bond motifs is 1. The molecule has 0 aliphatic rings. The lowest BCUT2D eigenvalue weighted by molar-refractivity contribution is 0.289. The van der Waals surface area contributed by atoms with Crippen molar-refractivity contribution in [2.45, 2.75) is 23.5 Å². The third-order valence-corrected chi connectivity index (χ3v) is 5.87. The number of nitrogens with zero attached hydrogens (tertiary/aromatic N) is 7. The molecule has 0 aliphatic heterocycles. The van der Waals surface area contributed by atoms with E-state index in [2.05, 4.69) is 21.8 Å². The van der Waals surface area contributed by atoms with Crippen molar-refractivity contribution in [3.63, 3.8) is 0 Å². The fourth-order valence-electron chi connectivity index (χ4n) is 3.15. The zero-order chi connectivity index (χ0) is 22.1. The first-order valence-electron chi connectivity index (χ1n) is 9.43. The smallest absolute Gasteiger partial charge is 0.332 e. The van der Waals surface area contributed by atoms with Crippen molar-refractivity contribution in [1.82, 2.24) is 33.4 Å². The maximum absolute atomic E-state index is 12.6. The zero-order valence-corrected chi connectivity index (χ0v) is 18.2. The minimum absolute atomic E-state index is 0.239. The highest BCUT2D eigenvalue weighted by atomic mass is 32.2. The first-order chi connectivity index (χ1) is 14.9. The van der Waals surface area contributed by atoms with E-state index >= 15 is 0 Å². The maximum Gasteiger partial charge on any atom is 0.332 e. The summed E-state index contributed by atoms with van der Waals surface area (Å²) in [4.78, 5) is 29.3. The Kier molecular flexibility index (Phi) is 5.51. The van der Waals surface area contributed by atoms with Gasteiger partial charge >= 0.3 is 5.69 Å². The number of benzene rings is 1. The molecule has 3 heterocycles. The number of hydrogen-bond acceptors (Lipinski definition) is 7. The quantitative estimate of drug-likeness (QED) is 0.402. The van der Waals surface area contributed by atoms with Gasteiger partial charge in [-0.3, -0.25) is 18.5 Å². The molecule has 160 valence electrons. The first-order valence-corrected chi connectivity index (χ1v) is 10.2. The molecule has 0 saturated heterocycles. The molecule has 0 radical (unpaired) electrons. The summed E-state index contributed by atoms with van der Waals surface area (Å²) in [5.74, 6) is 1.37. The molecule has 4 rings (SSSR count). The van der Waals surface area contributed by atoms with Gasteiger partial charge in [0.1, 0.15) is 12.4 Å². The SMILES string of the molecule is C=CCn1c(COc2ccccc2)nnc1Sc1nc2c(c(=O)n(C)c(=O)n2C)n1C. The molecule has 1 aromatic carbocycles. The Hall–Kier alpha value is -3.60. The molecular formula is C20H21N7O3S. The van der Waals surface area contributed by atoms with Crippen molar-refractivity contribution < 1.29 is 4.74 Å². The number of rotatable bonds is 7. The number of hydrogen-bond donors (Lipinski definition) is 0. The van der Waals surface area contributed by atoms with Crippen LogP contribution in [0.25, 0.3) is 11.2 Å². The number of allylic oxidation sites excluding steroid dienone is 1. The summed E-state index contributed by atoms with van der Waals surface area (Å²) >= 11 is 1.25. The molecule has 0 atom stereocenters. The molecule has 0 amide bonds. The van der Waals surface area contributed by atoms with Crippen LogP contribution < -0.4 is 16.0 Å². The van der Waals surface area contributed by atoms with Crippen LogP contribution in [0.15, 0.2) is 62.9 Å².